The summed E-state index contributed by atoms with van der Waals surface area (Å²) in [4.78, 5) is 31.0. The summed E-state index contributed by atoms with van der Waals surface area (Å²) in [6.45, 7) is 1.97. The molecule has 1 aliphatic heterocycles. The van der Waals surface area contributed by atoms with Crippen LogP contribution in [0.4, 0.5) is 5.69 Å². The topological polar surface area (TPSA) is 64.0 Å². The van der Waals surface area contributed by atoms with Crippen molar-refractivity contribution in [2.24, 2.45) is 0 Å². The number of amides is 1. The van der Waals surface area contributed by atoms with Crippen LogP contribution in [-0.4, -0.2) is 15.5 Å². The SMILES string of the molecule is Cc1cccc(-n2c(/C=C3/C(=O)Nc4ccc(Br)cc43)nc3ccc(I)cc3c2=O)c1. The zero-order valence-electron chi connectivity index (χ0n) is 16.3. The summed E-state index contributed by atoms with van der Waals surface area (Å²) in [6.07, 6.45) is 1.69. The van der Waals surface area contributed by atoms with Crippen LogP contribution in [0, 0.1) is 10.5 Å². The third-order valence-corrected chi connectivity index (χ3v) is 6.32. The van der Waals surface area contributed by atoms with Crippen LogP contribution in [0.3, 0.4) is 0 Å². The molecular formula is C24H15BrIN3O2. The Bertz CT molecular complexity index is 1490. The maximum absolute atomic E-state index is 13.6. The smallest absolute Gasteiger partial charge is 0.266 e. The highest BCUT2D eigenvalue weighted by atomic mass is 127. The van der Waals surface area contributed by atoms with E-state index in [9.17, 15) is 9.59 Å². The molecular weight excluding hydrogens is 569 g/mol. The summed E-state index contributed by atoms with van der Waals surface area (Å²) in [5.41, 5.74) is 4.13. The summed E-state index contributed by atoms with van der Waals surface area (Å²) >= 11 is 5.66. The molecule has 5 nitrogen and oxygen atoms in total. The molecule has 0 saturated heterocycles. The Morgan fingerprint density at radius 1 is 1.06 bits per heavy atom. The van der Waals surface area contributed by atoms with Crippen molar-refractivity contribution >= 4 is 72.7 Å². The van der Waals surface area contributed by atoms with Gasteiger partial charge in [-0.05, 0) is 89.7 Å². The van der Waals surface area contributed by atoms with Crippen LogP contribution >= 0.6 is 38.5 Å². The fourth-order valence-corrected chi connectivity index (χ4v) is 4.57. The van der Waals surface area contributed by atoms with E-state index in [-0.39, 0.29) is 11.5 Å². The van der Waals surface area contributed by atoms with Crippen molar-refractivity contribution in [2.75, 3.05) is 5.32 Å². The van der Waals surface area contributed by atoms with Gasteiger partial charge in [-0.3, -0.25) is 14.2 Å². The van der Waals surface area contributed by atoms with Crippen molar-refractivity contribution in [1.82, 2.24) is 9.55 Å². The van der Waals surface area contributed by atoms with Gasteiger partial charge in [-0.25, -0.2) is 4.98 Å². The number of halogens is 2. The number of hydrogen-bond donors (Lipinski definition) is 1. The quantitative estimate of drug-likeness (QED) is 0.248. The normalized spacial score (nSPS) is 14.2. The van der Waals surface area contributed by atoms with Gasteiger partial charge in [-0.1, -0.05) is 28.1 Å². The predicted octanol–water partition coefficient (Wildman–Crippen LogP) is 5.55. The van der Waals surface area contributed by atoms with Crippen molar-refractivity contribution in [3.05, 3.63) is 96.0 Å². The number of nitrogens with zero attached hydrogens (tertiary/aromatic N) is 2. The van der Waals surface area contributed by atoms with E-state index in [1.807, 2.05) is 67.6 Å². The Balaban J connectivity index is 1.83. The molecule has 0 aliphatic carbocycles. The minimum atomic E-state index is -0.221. The maximum Gasteiger partial charge on any atom is 0.266 e. The van der Waals surface area contributed by atoms with E-state index in [4.69, 9.17) is 4.98 Å². The number of carbonyl (C=O) groups is 1. The van der Waals surface area contributed by atoms with Crippen LogP contribution < -0.4 is 10.9 Å². The van der Waals surface area contributed by atoms with E-state index < -0.39 is 0 Å². The van der Waals surface area contributed by atoms with Crippen LogP contribution in [0.1, 0.15) is 17.0 Å². The number of benzene rings is 3. The number of fused-ring (bicyclic) bond motifs is 2. The van der Waals surface area contributed by atoms with E-state index in [1.165, 1.54) is 0 Å². The van der Waals surface area contributed by atoms with E-state index in [2.05, 4.69) is 43.8 Å². The first-order chi connectivity index (χ1) is 14.9. The number of nitrogens with one attached hydrogen (secondary N) is 1. The molecule has 7 heteroatoms. The molecule has 0 saturated carbocycles. The Morgan fingerprint density at radius 3 is 2.71 bits per heavy atom. The molecule has 0 bridgehead atoms. The molecule has 1 N–H and O–H groups in total. The molecule has 1 aromatic heterocycles. The number of rotatable bonds is 2. The molecule has 2 heterocycles. The Hall–Kier alpha value is -2.78. The monoisotopic (exact) mass is 583 g/mol. The molecule has 0 radical (unpaired) electrons. The first-order valence-electron chi connectivity index (χ1n) is 9.53. The Labute approximate surface area is 200 Å². The molecule has 3 aromatic carbocycles. The van der Waals surface area contributed by atoms with Crippen molar-refractivity contribution in [3.63, 3.8) is 0 Å². The molecule has 1 aliphatic rings. The summed E-state index contributed by atoms with van der Waals surface area (Å²) in [7, 11) is 0. The lowest BCUT2D eigenvalue weighted by molar-refractivity contribution is -0.110. The summed E-state index contributed by atoms with van der Waals surface area (Å²) in [5, 5.41) is 3.41. The van der Waals surface area contributed by atoms with Gasteiger partial charge in [0.05, 0.1) is 22.2 Å². The van der Waals surface area contributed by atoms with Gasteiger partial charge in [0.25, 0.3) is 11.5 Å². The van der Waals surface area contributed by atoms with E-state index >= 15 is 0 Å². The predicted molar refractivity (Wildman–Crippen MR) is 135 cm³/mol. The van der Waals surface area contributed by atoms with Gasteiger partial charge in [-0.2, -0.15) is 0 Å². The van der Waals surface area contributed by atoms with Crippen molar-refractivity contribution in [2.45, 2.75) is 6.92 Å². The summed E-state index contributed by atoms with van der Waals surface area (Å²) in [5.74, 6) is 0.183. The van der Waals surface area contributed by atoms with Gasteiger partial charge >= 0.3 is 0 Å². The second-order valence-corrected chi connectivity index (χ2v) is 9.47. The van der Waals surface area contributed by atoms with Gasteiger partial charge in [-0.15, -0.1) is 0 Å². The van der Waals surface area contributed by atoms with E-state index in [1.54, 1.807) is 10.6 Å². The van der Waals surface area contributed by atoms with Gasteiger partial charge in [0.1, 0.15) is 5.82 Å². The van der Waals surface area contributed by atoms with Crippen LogP contribution in [0.25, 0.3) is 28.2 Å². The molecule has 152 valence electrons. The number of aromatic nitrogens is 2. The maximum atomic E-state index is 13.6. The minimum Gasteiger partial charge on any atom is -0.321 e. The van der Waals surface area contributed by atoms with E-state index in [0.29, 0.717) is 28.0 Å². The standard InChI is InChI=1S/C24H15BrIN3O2/c1-13-3-2-4-16(9-13)29-22(27-21-8-6-15(26)11-19(21)24(29)31)12-18-17-10-14(25)5-7-20(17)28-23(18)30/h2-12H,1H3,(H,28,30)/b18-12+. The molecule has 0 unspecified atom stereocenters. The van der Waals surface area contributed by atoms with Crippen molar-refractivity contribution in [1.29, 1.82) is 0 Å². The first-order valence-corrected chi connectivity index (χ1v) is 11.4. The summed E-state index contributed by atoms with van der Waals surface area (Å²) in [6, 6.07) is 18.9. The van der Waals surface area contributed by atoms with Crippen LogP contribution in [0.5, 0.6) is 0 Å². The largest absolute Gasteiger partial charge is 0.321 e. The number of hydrogen-bond acceptors (Lipinski definition) is 3. The lowest BCUT2D eigenvalue weighted by Gasteiger charge is -2.13. The average Bonchev–Trinajstić information content (AvgIpc) is 3.03. The molecule has 0 atom stereocenters. The van der Waals surface area contributed by atoms with E-state index in [0.717, 1.165) is 24.9 Å². The fourth-order valence-electron chi connectivity index (χ4n) is 3.72. The molecule has 0 spiro atoms. The fraction of sp³-hybridized carbons (Fsp3) is 0.0417. The van der Waals surface area contributed by atoms with Gasteiger partial charge in [0.15, 0.2) is 0 Å². The minimum absolute atomic E-state index is 0.172. The van der Waals surface area contributed by atoms with Gasteiger partial charge < -0.3 is 5.32 Å². The molecule has 31 heavy (non-hydrogen) atoms. The molecule has 0 fully saturated rings. The lowest BCUT2D eigenvalue weighted by atomic mass is 10.1. The highest BCUT2D eigenvalue weighted by molar-refractivity contribution is 14.1. The molecule has 5 rings (SSSR count). The Morgan fingerprint density at radius 2 is 1.90 bits per heavy atom. The second-order valence-electron chi connectivity index (χ2n) is 7.31. The molecule has 1 amide bonds. The number of aryl methyl sites for hydroxylation is 1. The van der Waals surface area contributed by atoms with Crippen LogP contribution in [-0.2, 0) is 4.79 Å². The lowest BCUT2D eigenvalue weighted by Crippen LogP contribution is -2.23. The molecule has 4 aromatic rings. The first kappa shape index (κ1) is 20.1. The van der Waals surface area contributed by atoms with Crippen LogP contribution in [0.2, 0.25) is 0 Å². The summed E-state index contributed by atoms with van der Waals surface area (Å²) < 4.78 is 3.40. The van der Waals surface area contributed by atoms with Crippen molar-refractivity contribution in [3.8, 4) is 5.69 Å². The second kappa shape index (κ2) is 7.72. The third-order valence-electron chi connectivity index (χ3n) is 5.15. The van der Waals surface area contributed by atoms with Gasteiger partial charge in [0.2, 0.25) is 0 Å². The number of carbonyl (C=O) groups excluding carboxylic acids is 1. The number of anilines is 1. The van der Waals surface area contributed by atoms with Gasteiger partial charge in [0, 0.05) is 19.3 Å². The highest BCUT2D eigenvalue weighted by Gasteiger charge is 2.25. The van der Waals surface area contributed by atoms with Crippen molar-refractivity contribution < 1.29 is 4.79 Å². The Kier molecular flexibility index (Phi) is 5.02. The zero-order chi connectivity index (χ0) is 21.7. The van der Waals surface area contributed by atoms with Crippen LogP contribution in [0.15, 0.2) is 69.9 Å². The zero-order valence-corrected chi connectivity index (χ0v) is 20.1. The highest BCUT2D eigenvalue weighted by Crippen LogP contribution is 2.35. The average molecular weight is 584 g/mol. The third kappa shape index (κ3) is 3.61.